The van der Waals surface area contributed by atoms with Gasteiger partial charge in [-0.1, -0.05) is 6.92 Å². The zero-order chi connectivity index (χ0) is 17.7. The van der Waals surface area contributed by atoms with Crippen LogP contribution in [0.3, 0.4) is 0 Å². The number of esters is 1. The number of nitrogens with one attached hydrogen (secondary N) is 1. The Bertz CT molecular complexity index is 653. The number of rotatable bonds is 6. The highest BCUT2D eigenvalue weighted by molar-refractivity contribution is 6.06. The van der Waals surface area contributed by atoms with Gasteiger partial charge in [0.1, 0.15) is 17.4 Å². The van der Waals surface area contributed by atoms with Crippen molar-refractivity contribution < 1.29 is 23.8 Å². The molecule has 0 aromatic heterocycles. The maximum atomic E-state index is 12.3. The average Bonchev–Trinajstić information content (AvgIpc) is 2.54. The molecule has 0 heterocycles. The molecule has 0 spiro atoms. The maximum Gasteiger partial charge on any atom is 0.317 e. The van der Waals surface area contributed by atoms with Crippen LogP contribution < -0.4 is 14.8 Å². The fourth-order valence-electron chi connectivity index (χ4n) is 2.82. The van der Waals surface area contributed by atoms with Gasteiger partial charge < -0.3 is 19.5 Å². The zero-order valence-corrected chi connectivity index (χ0v) is 14.4. The van der Waals surface area contributed by atoms with Crippen LogP contribution in [0.5, 0.6) is 11.5 Å². The number of hydrogen-bond acceptors (Lipinski definition) is 6. The zero-order valence-electron chi connectivity index (χ0n) is 14.4. The van der Waals surface area contributed by atoms with Crippen LogP contribution in [0, 0.1) is 11.8 Å². The number of allylic oxidation sites excluding steroid dienone is 2. The molecule has 1 aromatic carbocycles. The van der Waals surface area contributed by atoms with Crippen molar-refractivity contribution in [1.82, 2.24) is 0 Å². The molecule has 2 rings (SSSR count). The highest BCUT2D eigenvalue weighted by Crippen LogP contribution is 2.34. The summed E-state index contributed by atoms with van der Waals surface area (Å²) in [6.45, 7) is 3.87. The summed E-state index contributed by atoms with van der Waals surface area (Å²) in [5, 5.41) is 3.21. The molecule has 0 fully saturated rings. The Labute approximate surface area is 141 Å². The topological polar surface area (TPSA) is 73.9 Å². The van der Waals surface area contributed by atoms with Crippen molar-refractivity contribution in [2.24, 2.45) is 11.8 Å². The Balaban J connectivity index is 2.21. The Morgan fingerprint density at radius 3 is 2.62 bits per heavy atom. The third kappa shape index (κ3) is 3.88. The van der Waals surface area contributed by atoms with Gasteiger partial charge in [0.25, 0.3) is 0 Å². The minimum Gasteiger partial charge on any atom is -0.497 e. The van der Waals surface area contributed by atoms with Crippen molar-refractivity contribution >= 4 is 17.4 Å². The van der Waals surface area contributed by atoms with Gasteiger partial charge in [-0.05, 0) is 31.4 Å². The number of carbonyl (C=O) groups excluding carboxylic acids is 2. The standard InChI is InChI=1S/C18H23NO5/c1-5-24-18(21)17-11(2)8-12(9-15(17)20)19-14-10-13(22-3)6-7-16(14)23-4/h6-7,9-11,17,19H,5,8H2,1-4H3. The Hall–Kier alpha value is -2.50. The number of ketones is 1. The van der Waals surface area contributed by atoms with Crippen molar-refractivity contribution in [3.05, 3.63) is 30.0 Å². The van der Waals surface area contributed by atoms with Crippen LogP contribution in [0.25, 0.3) is 0 Å². The largest absolute Gasteiger partial charge is 0.497 e. The first-order chi connectivity index (χ1) is 11.5. The van der Waals surface area contributed by atoms with E-state index in [9.17, 15) is 9.59 Å². The SMILES string of the molecule is CCOC(=O)C1C(=O)C=C(Nc2cc(OC)ccc2OC)CC1C. The second-order valence-electron chi connectivity index (χ2n) is 5.67. The van der Waals surface area contributed by atoms with E-state index in [2.05, 4.69) is 5.32 Å². The van der Waals surface area contributed by atoms with E-state index in [1.165, 1.54) is 6.08 Å². The summed E-state index contributed by atoms with van der Waals surface area (Å²) < 4.78 is 15.5. The number of anilines is 1. The van der Waals surface area contributed by atoms with E-state index in [1.807, 2.05) is 6.92 Å². The van der Waals surface area contributed by atoms with Gasteiger partial charge in [0.15, 0.2) is 5.78 Å². The molecule has 2 atom stereocenters. The molecule has 24 heavy (non-hydrogen) atoms. The molecule has 0 bridgehead atoms. The first-order valence-corrected chi connectivity index (χ1v) is 7.90. The number of carbonyl (C=O) groups is 2. The lowest BCUT2D eigenvalue weighted by molar-refractivity contribution is -0.152. The second-order valence-corrected chi connectivity index (χ2v) is 5.67. The van der Waals surface area contributed by atoms with E-state index in [0.29, 0.717) is 23.6 Å². The van der Waals surface area contributed by atoms with Crippen LogP contribution in [-0.4, -0.2) is 32.6 Å². The molecule has 0 saturated carbocycles. The highest BCUT2D eigenvalue weighted by Gasteiger charge is 2.36. The number of benzene rings is 1. The number of ether oxygens (including phenoxy) is 3. The molecule has 1 aliphatic carbocycles. The third-order valence-electron chi connectivity index (χ3n) is 3.98. The Morgan fingerprint density at radius 1 is 1.29 bits per heavy atom. The minimum absolute atomic E-state index is 0.138. The molecule has 2 unspecified atom stereocenters. The smallest absolute Gasteiger partial charge is 0.317 e. The predicted octanol–water partition coefficient (Wildman–Crippen LogP) is 2.79. The van der Waals surface area contributed by atoms with Crippen molar-refractivity contribution in [3.63, 3.8) is 0 Å². The summed E-state index contributed by atoms with van der Waals surface area (Å²) in [6.07, 6.45) is 2.04. The normalized spacial score (nSPS) is 20.2. The first-order valence-electron chi connectivity index (χ1n) is 7.90. The van der Waals surface area contributed by atoms with Crippen LogP contribution in [-0.2, 0) is 14.3 Å². The molecule has 0 radical (unpaired) electrons. The molecule has 6 heteroatoms. The molecule has 130 valence electrons. The Morgan fingerprint density at radius 2 is 2.04 bits per heavy atom. The van der Waals surface area contributed by atoms with Crippen molar-refractivity contribution in [1.29, 1.82) is 0 Å². The number of hydrogen-bond donors (Lipinski definition) is 1. The minimum atomic E-state index is -0.734. The fourth-order valence-corrected chi connectivity index (χ4v) is 2.82. The van der Waals surface area contributed by atoms with E-state index in [-0.39, 0.29) is 18.3 Å². The second kappa shape index (κ2) is 7.86. The van der Waals surface area contributed by atoms with E-state index in [1.54, 1.807) is 39.3 Å². The van der Waals surface area contributed by atoms with Gasteiger partial charge in [0.05, 0.1) is 26.5 Å². The van der Waals surface area contributed by atoms with E-state index >= 15 is 0 Å². The molecule has 1 N–H and O–H groups in total. The molecule has 0 saturated heterocycles. The first kappa shape index (κ1) is 17.8. The predicted molar refractivity (Wildman–Crippen MR) is 90.2 cm³/mol. The van der Waals surface area contributed by atoms with Gasteiger partial charge in [-0.3, -0.25) is 9.59 Å². The van der Waals surface area contributed by atoms with E-state index in [4.69, 9.17) is 14.2 Å². The summed E-state index contributed by atoms with van der Waals surface area (Å²) in [6, 6.07) is 5.38. The molecular formula is C18H23NO5. The van der Waals surface area contributed by atoms with Crippen LogP contribution in [0.15, 0.2) is 30.0 Å². The van der Waals surface area contributed by atoms with E-state index < -0.39 is 11.9 Å². The molecule has 6 nitrogen and oxygen atoms in total. The molecule has 1 aromatic rings. The molecule has 1 aliphatic rings. The lowest BCUT2D eigenvalue weighted by Crippen LogP contribution is -2.35. The highest BCUT2D eigenvalue weighted by atomic mass is 16.5. The van der Waals surface area contributed by atoms with Crippen LogP contribution in [0.4, 0.5) is 5.69 Å². The van der Waals surface area contributed by atoms with E-state index in [0.717, 1.165) is 5.70 Å². The molecular weight excluding hydrogens is 310 g/mol. The van der Waals surface area contributed by atoms with Gasteiger partial charge in [0, 0.05) is 17.8 Å². The van der Waals surface area contributed by atoms with Gasteiger partial charge in [-0.25, -0.2) is 0 Å². The Kier molecular flexibility index (Phi) is 5.84. The van der Waals surface area contributed by atoms with Crippen LogP contribution in [0.1, 0.15) is 20.3 Å². The lowest BCUT2D eigenvalue weighted by atomic mass is 9.82. The summed E-state index contributed by atoms with van der Waals surface area (Å²) in [7, 11) is 3.16. The third-order valence-corrected chi connectivity index (χ3v) is 3.98. The summed E-state index contributed by atoms with van der Waals surface area (Å²) in [4.78, 5) is 24.3. The number of methoxy groups -OCH3 is 2. The van der Waals surface area contributed by atoms with Crippen molar-refractivity contribution in [2.45, 2.75) is 20.3 Å². The molecule has 0 aliphatic heterocycles. The van der Waals surface area contributed by atoms with Crippen molar-refractivity contribution in [3.8, 4) is 11.5 Å². The van der Waals surface area contributed by atoms with Gasteiger partial charge in [0.2, 0.25) is 0 Å². The average molecular weight is 333 g/mol. The fraction of sp³-hybridized carbons (Fsp3) is 0.444. The maximum absolute atomic E-state index is 12.3. The lowest BCUT2D eigenvalue weighted by Gasteiger charge is -2.27. The summed E-state index contributed by atoms with van der Waals surface area (Å²) >= 11 is 0. The van der Waals surface area contributed by atoms with Crippen LogP contribution >= 0.6 is 0 Å². The van der Waals surface area contributed by atoms with Crippen molar-refractivity contribution in [2.75, 3.05) is 26.1 Å². The van der Waals surface area contributed by atoms with Gasteiger partial charge >= 0.3 is 5.97 Å². The monoisotopic (exact) mass is 333 g/mol. The summed E-state index contributed by atoms with van der Waals surface area (Å²) in [5.74, 6) is -0.244. The quantitative estimate of drug-likeness (QED) is 0.637. The molecule has 0 amide bonds. The summed E-state index contributed by atoms with van der Waals surface area (Å²) in [5.41, 5.74) is 1.44. The van der Waals surface area contributed by atoms with Crippen LogP contribution in [0.2, 0.25) is 0 Å². The van der Waals surface area contributed by atoms with Gasteiger partial charge in [-0.2, -0.15) is 0 Å². The van der Waals surface area contributed by atoms with Gasteiger partial charge in [-0.15, -0.1) is 0 Å².